The lowest BCUT2D eigenvalue weighted by atomic mass is 10.1. The number of carbonyl (C=O) groups is 1. The van der Waals surface area contributed by atoms with Gasteiger partial charge in [-0.2, -0.15) is 0 Å². The number of hydrazine groups is 1. The van der Waals surface area contributed by atoms with Crippen LogP contribution in [0, 0.1) is 0 Å². The molecule has 0 unspecified atom stereocenters. The van der Waals surface area contributed by atoms with Crippen LogP contribution < -0.4 is 11.3 Å². The fraction of sp³-hybridized carbons (Fsp3) is 0.417. The van der Waals surface area contributed by atoms with Crippen molar-refractivity contribution < 1.29 is 14.6 Å². The smallest absolute Gasteiger partial charge is 0.265 e. The van der Waals surface area contributed by atoms with Crippen LogP contribution in [0.15, 0.2) is 18.2 Å². The van der Waals surface area contributed by atoms with Crippen LogP contribution in [0.1, 0.15) is 15.9 Å². The Kier molecular flexibility index (Phi) is 4.14. The lowest BCUT2D eigenvalue weighted by Gasteiger charge is -2.26. The van der Waals surface area contributed by atoms with E-state index in [-0.39, 0.29) is 11.7 Å². The summed E-state index contributed by atoms with van der Waals surface area (Å²) in [5.74, 6) is 4.91. The molecule has 1 aliphatic heterocycles. The first-order valence-electron chi connectivity index (χ1n) is 5.83. The number of morpholine rings is 1. The molecule has 0 atom stereocenters. The predicted octanol–water partition coefficient (Wildman–Crippen LogP) is -0.172. The third-order valence-electron chi connectivity index (χ3n) is 2.97. The van der Waals surface area contributed by atoms with Crippen molar-refractivity contribution in [1.82, 2.24) is 10.3 Å². The number of nitrogens with zero attached hydrogens (tertiary/aromatic N) is 1. The van der Waals surface area contributed by atoms with Gasteiger partial charge in [0.1, 0.15) is 5.75 Å². The van der Waals surface area contributed by atoms with Crippen molar-refractivity contribution in [1.29, 1.82) is 0 Å². The highest BCUT2D eigenvalue weighted by Crippen LogP contribution is 2.20. The summed E-state index contributed by atoms with van der Waals surface area (Å²) >= 11 is 0. The number of phenolic OH excluding ortho intramolecular Hbond substituents is 1. The number of aromatic hydroxyl groups is 1. The van der Waals surface area contributed by atoms with E-state index >= 15 is 0 Å². The molecule has 0 radical (unpaired) electrons. The normalized spacial score (nSPS) is 16.5. The second kappa shape index (κ2) is 5.81. The minimum Gasteiger partial charge on any atom is -0.508 e. The quantitative estimate of drug-likeness (QED) is 0.394. The minimum atomic E-state index is -0.363. The SMILES string of the molecule is NNC(=O)c1ccc(O)c(CN2CCOCC2)c1. The molecular formula is C12H17N3O3. The monoisotopic (exact) mass is 251 g/mol. The van der Waals surface area contributed by atoms with E-state index in [9.17, 15) is 9.90 Å². The number of hydrogen-bond donors (Lipinski definition) is 3. The van der Waals surface area contributed by atoms with Gasteiger partial charge in [0.15, 0.2) is 0 Å². The van der Waals surface area contributed by atoms with Gasteiger partial charge >= 0.3 is 0 Å². The molecule has 0 aliphatic carbocycles. The maximum Gasteiger partial charge on any atom is 0.265 e. The first-order chi connectivity index (χ1) is 8.70. The molecule has 1 aromatic carbocycles. The number of hydrogen-bond acceptors (Lipinski definition) is 5. The molecule has 1 amide bonds. The fourth-order valence-corrected chi connectivity index (χ4v) is 1.94. The first kappa shape index (κ1) is 12.8. The number of phenols is 1. The Morgan fingerprint density at radius 3 is 2.83 bits per heavy atom. The number of amides is 1. The molecule has 1 aliphatic rings. The van der Waals surface area contributed by atoms with Crippen LogP contribution in [-0.4, -0.2) is 42.2 Å². The van der Waals surface area contributed by atoms with Gasteiger partial charge in [-0.25, -0.2) is 5.84 Å². The summed E-state index contributed by atoms with van der Waals surface area (Å²) in [5.41, 5.74) is 3.24. The molecule has 0 bridgehead atoms. The lowest BCUT2D eigenvalue weighted by Crippen LogP contribution is -2.35. The Bertz CT molecular complexity index is 431. The highest BCUT2D eigenvalue weighted by atomic mass is 16.5. The Balaban J connectivity index is 2.12. The number of ether oxygens (including phenoxy) is 1. The fourth-order valence-electron chi connectivity index (χ4n) is 1.94. The summed E-state index contributed by atoms with van der Waals surface area (Å²) in [6.07, 6.45) is 0. The van der Waals surface area contributed by atoms with Gasteiger partial charge in [0.05, 0.1) is 13.2 Å². The number of carbonyl (C=O) groups excluding carboxylic acids is 1. The van der Waals surface area contributed by atoms with Crippen LogP contribution in [0.2, 0.25) is 0 Å². The number of nitrogens with two attached hydrogens (primary N) is 1. The summed E-state index contributed by atoms with van der Waals surface area (Å²) in [7, 11) is 0. The van der Waals surface area contributed by atoms with E-state index in [0.717, 1.165) is 18.7 Å². The molecule has 1 heterocycles. The van der Waals surface area contributed by atoms with Gasteiger partial charge in [0.2, 0.25) is 0 Å². The molecule has 1 fully saturated rings. The van der Waals surface area contributed by atoms with E-state index in [0.29, 0.717) is 25.3 Å². The number of benzene rings is 1. The zero-order chi connectivity index (χ0) is 13.0. The van der Waals surface area contributed by atoms with E-state index in [1.165, 1.54) is 6.07 Å². The van der Waals surface area contributed by atoms with Crippen LogP contribution in [0.4, 0.5) is 0 Å². The molecule has 0 saturated carbocycles. The summed E-state index contributed by atoms with van der Waals surface area (Å²) < 4.78 is 5.26. The average molecular weight is 251 g/mol. The van der Waals surface area contributed by atoms with Crippen LogP contribution in [-0.2, 0) is 11.3 Å². The van der Waals surface area contributed by atoms with Gasteiger partial charge in [-0.05, 0) is 18.2 Å². The summed E-state index contributed by atoms with van der Waals surface area (Å²) in [4.78, 5) is 13.6. The number of rotatable bonds is 3. The van der Waals surface area contributed by atoms with E-state index in [1.807, 2.05) is 0 Å². The van der Waals surface area contributed by atoms with Gasteiger partial charge in [-0.3, -0.25) is 15.1 Å². The third kappa shape index (κ3) is 2.98. The summed E-state index contributed by atoms with van der Waals surface area (Å²) in [6, 6.07) is 4.72. The Labute approximate surface area is 105 Å². The zero-order valence-corrected chi connectivity index (χ0v) is 10.1. The molecule has 6 nitrogen and oxygen atoms in total. The van der Waals surface area contributed by atoms with Crippen molar-refractivity contribution >= 4 is 5.91 Å². The molecule has 1 aromatic rings. The van der Waals surface area contributed by atoms with Gasteiger partial charge < -0.3 is 9.84 Å². The van der Waals surface area contributed by atoms with Gasteiger partial charge in [-0.15, -0.1) is 0 Å². The van der Waals surface area contributed by atoms with Crippen LogP contribution in [0.5, 0.6) is 5.75 Å². The minimum absolute atomic E-state index is 0.190. The van der Waals surface area contributed by atoms with Crippen molar-refractivity contribution in [3.8, 4) is 5.75 Å². The Morgan fingerprint density at radius 1 is 1.44 bits per heavy atom. The molecule has 1 saturated heterocycles. The van der Waals surface area contributed by atoms with Gasteiger partial charge in [0.25, 0.3) is 5.91 Å². The molecule has 18 heavy (non-hydrogen) atoms. The van der Waals surface area contributed by atoms with Crippen LogP contribution >= 0.6 is 0 Å². The van der Waals surface area contributed by atoms with Crippen molar-refractivity contribution in [2.24, 2.45) is 5.84 Å². The number of nitrogen functional groups attached to an aromatic ring is 1. The molecule has 98 valence electrons. The number of nitrogens with one attached hydrogen (secondary N) is 1. The Morgan fingerprint density at radius 2 is 2.17 bits per heavy atom. The first-order valence-corrected chi connectivity index (χ1v) is 5.83. The summed E-state index contributed by atoms with van der Waals surface area (Å²) in [6.45, 7) is 3.65. The second-order valence-corrected chi connectivity index (χ2v) is 4.21. The van der Waals surface area contributed by atoms with Gasteiger partial charge in [-0.1, -0.05) is 0 Å². The molecule has 0 aromatic heterocycles. The van der Waals surface area contributed by atoms with Crippen molar-refractivity contribution in [2.45, 2.75) is 6.54 Å². The molecule has 6 heteroatoms. The zero-order valence-electron chi connectivity index (χ0n) is 10.1. The largest absolute Gasteiger partial charge is 0.508 e. The lowest BCUT2D eigenvalue weighted by molar-refractivity contribution is 0.0338. The van der Waals surface area contributed by atoms with Crippen LogP contribution in [0.25, 0.3) is 0 Å². The van der Waals surface area contributed by atoms with Crippen molar-refractivity contribution in [2.75, 3.05) is 26.3 Å². The standard InChI is InChI=1S/C12H17N3O3/c13-14-12(17)9-1-2-11(16)10(7-9)8-15-3-5-18-6-4-15/h1-2,7,16H,3-6,8,13H2,(H,14,17). The highest BCUT2D eigenvalue weighted by Gasteiger charge is 2.14. The summed E-state index contributed by atoms with van der Waals surface area (Å²) in [5, 5.41) is 9.80. The van der Waals surface area contributed by atoms with E-state index in [4.69, 9.17) is 10.6 Å². The van der Waals surface area contributed by atoms with Gasteiger partial charge in [0, 0.05) is 30.8 Å². The van der Waals surface area contributed by atoms with E-state index in [1.54, 1.807) is 12.1 Å². The van der Waals surface area contributed by atoms with Crippen LogP contribution in [0.3, 0.4) is 0 Å². The van der Waals surface area contributed by atoms with Crippen molar-refractivity contribution in [3.05, 3.63) is 29.3 Å². The van der Waals surface area contributed by atoms with Crippen molar-refractivity contribution in [3.63, 3.8) is 0 Å². The Hall–Kier alpha value is -1.63. The maximum absolute atomic E-state index is 11.4. The highest BCUT2D eigenvalue weighted by molar-refractivity contribution is 5.94. The molecular weight excluding hydrogens is 234 g/mol. The second-order valence-electron chi connectivity index (χ2n) is 4.21. The predicted molar refractivity (Wildman–Crippen MR) is 65.9 cm³/mol. The van der Waals surface area contributed by atoms with E-state index < -0.39 is 0 Å². The molecule has 4 N–H and O–H groups in total. The molecule has 2 rings (SSSR count). The van der Waals surface area contributed by atoms with E-state index in [2.05, 4.69) is 10.3 Å². The maximum atomic E-state index is 11.4. The topological polar surface area (TPSA) is 87.8 Å². The average Bonchev–Trinajstić information content (AvgIpc) is 2.41. The third-order valence-corrected chi connectivity index (χ3v) is 2.97. The molecule has 0 spiro atoms.